The molecule has 202 valence electrons. The number of aryl methyl sites for hydroxylation is 1. The second-order valence-corrected chi connectivity index (χ2v) is 10.5. The van der Waals surface area contributed by atoms with Gasteiger partial charge in [0.2, 0.25) is 5.91 Å². The Balaban J connectivity index is 1.35. The molecule has 8 nitrogen and oxygen atoms in total. The van der Waals surface area contributed by atoms with Gasteiger partial charge >= 0.3 is 0 Å². The SMILES string of the molecule is COc1cccc(/C=C2/N=C(SCC(=O)Nc3nc(-c4ccc(C)cc4)cs3)N(c3ccccc3)C2=O)c1OC. The lowest BCUT2D eigenvalue weighted by Crippen LogP contribution is -2.31. The van der Waals surface area contributed by atoms with Crippen LogP contribution in [0.2, 0.25) is 0 Å². The number of amidine groups is 1. The molecule has 0 saturated carbocycles. The number of ether oxygens (including phenoxy) is 2. The van der Waals surface area contributed by atoms with Crippen molar-refractivity contribution < 1.29 is 19.1 Å². The summed E-state index contributed by atoms with van der Waals surface area (Å²) in [5, 5.41) is 5.68. The number of nitrogens with zero attached hydrogens (tertiary/aromatic N) is 3. The Morgan fingerprint density at radius 2 is 1.80 bits per heavy atom. The van der Waals surface area contributed by atoms with Gasteiger partial charge in [-0.25, -0.2) is 9.98 Å². The molecule has 0 spiro atoms. The van der Waals surface area contributed by atoms with E-state index in [1.165, 1.54) is 33.6 Å². The third-order valence-electron chi connectivity index (χ3n) is 6.00. The summed E-state index contributed by atoms with van der Waals surface area (Å²) in [6.45, 7) is 2.03. The third kappa shape index (κ3) is 5.93. The predicted octanol–water partition coefficient (Wildman–Crippen LogP) is 6.25. The Hall–Kier alpha value is -4.41. The molecule has 0 bridgehead atoms. The van der Waals surface area contributed by atoms with Gasteiger partial charge in [-0.3, -0.25) is 14.5 Å². The van der Waals surface area contributed by atoms with E-state index in [2.05, 4.69) is 15.3 Å². The van der Waals surface area contributed by atoms with Crippen LogP contribution in [-0.2, 0) is 9.59 Å². The average molecular weight is 571 g/mol. The molecular formula is C30H26N4O4S2. The Morgan fingerprint density at radius 1 is 1.02 bits per heavy atom. The van der Waals surface area contributed by atoms with Crippen molar-refractivity contribution in [2.75, 3.05) is 30.2 Å². The number of amides is 2. The molecule has 40 heavy (non-hydrogen) atoms. The molecule has 5 rings (SSSR count). The third-order valence-corrected chi connectivity index (χ3v) is 7.70. The maximum atomic E-state index is 13.5. The van der Waals surface area contributed by atoms with E-state index in [4.69, 9.17) is 9.47 Å². The molecule has 1 aliphatic rings. The number of hydrogen-bond acceptors (Lipinski definition) is 8. The quantitative estimate of drug-likeness (QED) is 0.252. The van der Waals surface area contributed by atoms with Crippen molar-refractivity contribution in [3.05, 3.63) is 95.0 Å². The van der Waals surface area contributed by atoms with Gasteiger partial charge in [0.15, 0.2) is 21.8 Å². The first-order valence-electron chi connectivity index (χ1n) is 12.3. The van der Waals surface area contributed by atoms with E-state index in [1.807, 2.05) is 79.0 Å². The molecule has 1 aromatic heterocycles. The van der Waals surface area contributed by atoms with E-state index in [9.17, 15) is 9.59 Å². The highest BCUT2D eigenvalue weighted by atomic mass is 32.2. The Kier molecular flexibility index (Phi) is 8.28. The van der Waals surface area contributed by atoms with E-state index in [1.54, 1.807) is 26.4 Å². The molecule has 0 atom stereocenters. The van der Waals surface area contributed by atoms with Gasteiger partial charge in [0.25, 0.3) is 5.91 Å². The Labute approximate surface area is 240 Å². The van der Waals surface area contributed by atoms with E-state index in [0.717, 1.165) is 11.3 Å². The van der Waals surface area contributed by atoms with Crippen molar-refractivity contribution in [3.8, 4) is 22.8 Å². The molecule has 0 radical (unpaired) electrons. The molecule has 0 aliphatic carbocycles. The van der Waals surface area contributed by atoms with E-state index >= 15 is 0 Å². The summed E-state index contributed by atoms with van der Waals surface area (Å²) in [4.78, 5) is 37.0. The summed E-state index contributed by atoms with van der Waals surface area (Å²) in [6.07, 6.45) is 1.66. The number of aliphatic imine (C=N–C) groups is 1. The van der Waals surface area contributed by atoms with Crippen LogP contribution < -0.4 is 19.7 Å². The number of carbonyl (C=O) groups excluding carboxylic acids is 2. The van der Waals surface area contributed by atoms with Gasteiger partial charge in [0.1, 0.15) is 5.70 Å². The monoisotopic (exact) mass is 570 g/mol. The molecule has 0 unspecified atom stereocenters. The normalized spacial score (nSPS) is 13.9. The van der Waals surface area contributed by atoms with Crippen molar-refractivity contribution in [3.63, 3.8) is 0 Å². The summed E-state index contributed by atoms with van der Waals surface area (Å²) in [5.41, 5.74) is 4.49. The van der Waals surface area contributed by atoms with Crippen LogP contribution in [0.25, 0.3) is 17.3 Å². The van der Waals surface area contributed by atoms with Crippen molar-refractivity contribution in [1.82, 2.24) is 4.98 Å². The molecule has 10 heteroatoms. The van der Waals surface area contributed by atoms with Gasteiger partial charge in [-0.05, 0) is 31.2 Å². The number of aromatic nitrogens is 1. The average Bonchev–Trinajstić information content (AvgIpc) is 3.56. The largest absolute Gasteiger partial charge is 0.493 e. The minimum absolute atomic E-state index is 0.0463. The van der Waals surface area contributed by atoms with E-state index in [-0.39, 0.29) is 23.3 Å². The van der Waals surface area contributed by atoms with E-state index < -0.39 is 0 Å². The van der Waals surface area contributed by atoms with Crippen molar-refractivity contribution in [1.29, 1.82) is 0 Å². The molecule has 4 aromatic rings. The van der Waals surface area contributed by atoms with Crippen molar-refractivity contribution in [2.45, 2.75) is 6.92 Å². The van der Waals surface area contributed by atoms with Gasteiger partial charge in [0, 0.05) is 16.5 Å². The predicted molar refractivity (Wildman–Crippen MR) is 162 cm³/mol. The van der Waals surface area contributed by atoms with E-state index in [0.29, 0.717) is 33.0 Å². The zero-order chi connectivity index (χ0) is 28.1. The lowest BCUT2D eigenvalue weighted by atomic mass is 10.1. The molecule has 2 heterocycles. The lowest BCUT2D eigenvalue weighted by Gasteiger charge is -2.17. The second-order valence-electron chi connectivity index (χ2n) is 8.72. The van der Waals surface area contributed by atoms with Crippen molar-refractivity contribution in [2.24, 2.45) is 4.99 Å². The Bertz CT molecular complexity index is 1600. The maximum absolute atomic E-state index is 13.5. The maximum Gasteiger partial charge on any atom is 0.283 e. The van der Waals surface area contributed by atoms with Crippen LogP contribution in [0.15, 0.2) is 88.9 Å². The number of thiazole rings is 1. The molecule has 2 amide bonds. The van der Waals surface area contributed by atoms with Gasteiger partial charge < -0.3 is 14.8 Å². The van der Waals surface area contributed by atoms with Crippen LogP contribution in [0, 0.1) is 6.92 Å². The number of anilines is 2. The zero-order valence-electron chi connectivity index (χ0n) is 22.1. The highest BCUT2D eigenvalue weighted by Crippen LogP contribution is 2.35. The molecule has 0 fully saturated rings. The molecule has 3 aromatic carbocycles. The number of nitrogens with one attached hydrogen (secondary N) is 1. The summed E-state index contributed by atoms with van der Waals surface area (Å²) in [5.74, 6) is 0.544. The minimum atomic E-state index is -0.304. The number of para-hydroxylation sites is 2. The summed E-state index contributed by atoms with van der Waals surface area (Å²) in [6, 6.07) is 22.7. The van der Waals surface area contributed by atoms with Crippen LogP contribution in [0.5, 0.6) is 11.5 Å². The Morgan fingerprint density at radius 3 is 2.52 bits per heavy atom. The smallest absolute Gasteiger partial charge is 0.283 e. The summed E-state index contributed by atoms with van der Waals surface area (Å²) < 4.78 is 10.9. The number of carbonyl (C=O) groups is 2. The number of rotatable bonds is 8. The standard InChI is InChI=1S/C30H26N4O4S2/c1-19-12-14-20(15-13-19)24-17-39-29(31-24)33-26(35)18-40-30-32-23(28(36)34(30)22-9-5-4-6-10-22)16-21-8-7-11-25(37-2)27(21)38-3/h4-17H,18H2,1-3H3,(H,31,33,35)/b23-16+. The fourth-order valence-corrected chi connectivity index (χ4v) is 5.59. The molecule has 1 aliphatic heterocycles. The van der Waals surface area contributed by atoms with Crippen LogP contribution in [-0.4, -0.2) is 41.9 Å². The fraction of sp³-hybridized carbons (Fsp3) is 0.133. The highest BCUT2D eigenvalue weighted by molar-refractivity contribution is 8.14. The topological polar surface area (TPSA) is 93.1 Å². The second kappa shape index (κ2) is 12.2. The van der Waals surface area contributed by atoms with Crippen LogP contribution >= 0.6 is 23.1 Å². The first-order valence-corrected chi connectivity index (χ1v) is 14.2. The number of thioether (sulfide) groups is 1. The van der Waals surface area contributed by atoms with Gasteiger partial charge in [-0.1, -0.05) is 71.9 Å². The zero-order valence-corrected chi connectivity index (χ0v) is 23.7. The van der Waals surface area contributed by atoms with Crippen molar-refractivity contribution >= 4 is 57.0 Å². The summed E-state index contributed by atoms with van der Waals surface area (Å²) >= 11 is 2.54. The molecule has 1 N–H and O–H groups in total. The first-order chi connectivity index (χ1) is 19.5. The molecule has 0 saturated heterocycles. The highest BCUT2D eigenvalue weighted by Gasteiger charge is 2.32. The number of hydrogen-bond donors (Lipinski definition) is 1. The van der Waals surface area contributed by atoms with Gasteiger partial charge in [-0.2, -0.15) is 0 Å². The fourth-order valence-electron chi connectivity index (χ4n) is 4.04. The van der Waals surface area contributed by atoms with Crippen LogP contribution in [0.3, 0.4) is 0 Å². The number of benzene rings is 3. The number of methoxy groups -OCH3 is 2. The lowest BCUT2D eigenvalue weighted by molar-refractivity contribution is -0.114. The van der Waals surface area contributed by atoms with Gasteiger partial charge in [-0.15, -0.1) is 11.3 Å². The van der Waals surface area contributed by atoms with Crippen LogP contribution in [0.1, 0.15) is 11.1 Å². The van der Waals surface area contributed by atoms with Crippen LogP contribution in [0.4, 0.5) is 10.8 Å². The summed E-state index contributed by atoms with van der Waals surface area (Å²) in [7, 11) is 3.10. The van der Waals surface area contributed by atoms with Gasteiger partial charge in [0.05, 0.1) is 31.4 Å². The first kappa shape index (κ1) is 27.2. The molecular weight excluding hydrogens is 544 g/mol. The minimum Gasteiger partial charge on any atom is -0.493 e.